The van der Waals surface area contributed by atoms with Crippen LogP contribution in [0.4, 0.5) is 0 Å². The zero-order chi connectivity index (χ0) is 14.7. The molecule has 0 radical (unpaired) electrons. The molecule has 2 rings (SSSR count). The molecule has 2 aromatic rings. The highest BCUT2D eigenvalue weighted by Crippen LogP contribution is 2.25. The van der Waals surface area contributed by atoms with Crippen LogP contribution >= 0.6 is 27.5 Å². The van der Waals surface area contributed by atoms with Gasteiger partial charge in [0.05, 0.1) is 0 Å². The van der Waals surface area contributed by atoms with Gasteiger partial charge in [-0.05, 0) is 36.8 Å². The van der Waals surface area contributed by atoms with Crippen molar-refractivity contribution in [1.29, 1.82) is 0 Å². The fraction of sp³-hybridized carbons (Fsp3) is 0.133. The Balaban J connectivity index is 2.20. The van der Waals surface area contributed by atoms with Gasteiger partial charge in [0.25, 0.3) is 0 Å². The Labute approximate surface area is 130 Å². The predicted octanol–water partition coefficient (Wildman–Crippen LogP) is 4.69. The van der Waals surface area contributed by atoms with Gasteiger partial charge in [-0.1, -0.05) is 39.7 Å². The maximum Gasteiger partial charge on any atom is 0.339 e. The lowest BCUT2D eigenvalue weighted by atomic mass is 10.1. The van der Waals surface area contributed by atoms with Crippen molar-refractivity contribution in [3.05, 3.63) is 62.6 Å². The van der Waals surface area contributed by atoms with Gasteiger partial charge in [-0.3, -0.25) is 0 Å². The zero-order valence-electron chi connectivity index (χ0n) is 10.7. The summed E-state index contributed by atoms with van der Waals surface area (Å²) >= 11 is 9.36. The molecule has 0 saturated heterocycles. The number of carboxylic acids is 1. The molecule has 0 aliphatic heterocycles. The number of aryl methyl sites for hydroxylation is 1. The fourth-order valence-corrected chi connectivity index (χ4v) is 2.37. The van der Waals surface area contributed by atoms with Gasteiger partial charge in [-0.2, -0.15) is 0 Å². The van der Waals surface area contributed by atoms with Crippen molar-refractivity contribution in [3.63, 3.8) is 0 Å². The second-order valence-corrected chi connectivity index (χ2v) is 5.65. The first kappa shape index (κ1) is 14.9. The molecule has 1 N–H and O–H groups in total. The number of halogens is 2. The maximum absolute atomic E-state index is 11.2. The summed E-state index contributed by atoms with van der Waals surface area (Å²) in [4.78, 5) is 11.2. The van der Waals surface area contributed by atoms with Crippen molar-refractivity contribution in [2.45, 2.75) is 13.5 Å². The summed E-state index contributed by atoms with van der Waals surface area (Å²) in [6.45, 7) is 2.18. The number of ether oxygens (including phenoxy) is 1. The lowest BCUT2D eigenvalue weighted by molar-refractivity contribution is 0.0691. The highest BCUT2D eigenvalue weighted by Gasteiger charge is 2.12. The summed E-state index contributed by atoms with van der Waals surface area (Å²) in [6.07, 6.45) is 0. The molecule has 0 aliphatic rings. The van der Waals surface area contributed by atoms with Crippen LogP contribution in [0.1, 0.15) is 21.5 Å². The molecular formula is C15H12BrClO3. The van der Waals surface area contributed by atoms with Crippen LogP contribution in [-0.2, 0) is 6.61 Å². The number of aromatic carboxylic acids is 1. The molecule has 0 saturated carbocycles. The van der Waals surface area contributed by atoms with Gasteiger partial charge in [0.1, 0.15) is 17.9 Å². The van der Waals surface area contributed by atoms with E-state index in [0.29, 0.717) is 15.2 Å². The van der Waals surface area contributed by atoms with E-state index >= 15 is 0 Å². The van der Waals surface area contributed by atoms with E-state index in [-0.39, 0.29) is 12.2 Å². The molecule has 2 aromatic carbocycles. The fourth-order valence-electron chi connectivity index (χ4n) is 1.72. The monoisotopic (exact) mass is 354 g/mol. The molecule has 0 amide bonds. The van der Waals surface area contributed by atoms with Gasteiger partial charge in [-0.25, -0.2) is 4.79 Å². The van der Waals surface area contributed by atoms with Crippen LogP contribution in [-0.4, -0.2) is 11.1 Å². The Kier molecular flexibility index (Phi) is 4.68. The second kappa shape index (κ2) is 6.29. The third-order valence-electron chi connectivity index (χ3n) is 2.76. The summed E-state index contributed by atoms with van der Waals surface area (Å²) in [5.74, 6) is -0.714. The third-order valence-corrected chi connectivity index (χ3v) is 3.61. The van der Waals surface area contributed by atoms with Gasteiger partial charge >= 0.3 is 5.97 Å². The predicted molar refractivity (Wildman–Crippen MR) is 81.6 cm³/mol. The molecule has 104 valence electrons. The summed E-state index contributed by atoms with van der Waals surface area (Å²) in [7, 11) is 0. The Morgan fingerprint density at radius 1 is 1.30 bits per heavy atom. The number of carbonyl (C=O) groups is 1. The zero-order valence-corrected chi connectivity index (χ0v) is 13.0. The number of hydrogen-bond acceptors (Lipinski definition) is 2. The van der Waals surface area contributed by atoms with Crippen LogP contribution in [0.3, 0.4) is 0 Å². The van der Waals surface area contributed by atoms with Crippen molar-refractivity contribution in [3.8, 4) is 5.75 Å². The minimum atomic E-state index is -1.03. The first-order valence-electron chi connectivity index (χ1n) is 5.88. The Morgan fingerprint density at radius 2 is 2.05 bits per heavy atom. The van der Waals surface area contributed by atoms with Gasteiger partial charge in [-0.15, -0.1) is 0 Å². The number of hydrogen-bond donors (Lipinski definition) is 1. The molecule has 0 fully saturated rings. The van der Waals surface area contributed by atoms with E-state index in [4.69, 9.17) is 21.4 Å². The average Bonchev–Trinajstić information content (AvgIpc) is 2.38. The summed E-state index contributed by atoms with van der Waals surface area (Å²) < 4.78 is 6.26. The summed E-state index contributed by atoms with van der Waals surface area (Å²) in [5, 5.41) is 9.76. The molecule has 20 heavy (non-hydrogen) atoms. The van der Waals surface area contributed by atoms with E-state index in [1.807, 2.05) is 25.1 Å². The molecular weight excluding hydrogens is 344 g/mol. The molecule has 0 aromatic heterocycles. The first-order valence-corrected chi connectivity index (χ1v) is 7.05. The molecule has 5 heteroatoms. The maximum atomic E-state index is 11.2. The molecule has 0 spiro atoms. The molecule has 0 unspecified atom stereocenters. The molecule has 0 atom stereocenters. The highest BCUT2D eigenvalue weighted by atomic mass is 79.9. The van der Waals surface area contributed by atoms with Crippen LogP contribution < -0.4 is 4.74 Å². The topological polar surface area (TPSA) is 46.5 Å². The standard InChI is InChI=1S/C15H12BrClO3/c1-9-2-3-10(13(17)6-9)8-20-14-5-4-11(16)7-12(14)15(18)19/h2-7H,8H2,1H3,(H,18,19). The van der Waals surface area contributed by atoms with Crippen molar-refractivity contribution < 1.29 is 14.6 Å². The Morgan fingerprint density at radius 3 is 2.70 bits per heavy atom. The van der Waals surface area contributed by atoms with E-state index in [1.54, 1.807) is 12.1 Å². The Hall–Kier alpha value is -1.52. The van der Waals surface area contributed by atoms with Crippen LogP contribution in [0.15, 0.2) is 40.9 Å². The normalized spacial score (nSPS) is 10.3. The SMILES string of the molecule is Cc1ccc(COc2ccc(Br)cc2C(=O)O)c(Cl)c1. The van der Waals surface area contributed by atoms with E-state index in [0.717, 1.165) is 11.1 Å². The van der Waals surface area contributed by atoms with E-state index < -0.39 is 5.97 Å². The molecule has 0 heterocycles. The van der Waals surface area contributed by atoms with Crippen LogP contribution in [0, 0.1) is 6.92 Å². The van der Waals surface area contributed by atoms with Gasteiger partial charge in [0.2, 0.25) is 0 Å². The minimum Gasteiger partial charge on any atom is -0.488 e. The van der Waals surface area contributed by atoms with Crippen molar-refractivity contribution in [2.75, 3.05) is 0 Å². The van der Waals surface area contributed by atoms with E-state index in [1.165, 1.54) is 6.07 Å². The van der Waals surface area contributed by atoms with Gasteiger partial charge in [0.15, 0.2) is 0 Å². The summed E-state index contributed by atoms with van der Waals surface area (Å²) in [6, 6.07) is 10.5. The highest BCUT2D eigenvalue weighted by molar-refractivity contribution is 9.10. The van der Waals surface area contributed by atoms with Crippen molar-refractivity contribution in [2.24, 2.45) is 0 Å². The lowest BCUT2D eigenvalue weighted by Gasteiger charge is -2.11. The van der Waals surface area contributed by atoms with Gasteiger partial charge in [0, 0.05) is 15.1 Å². The molecule has 3 nitrogen and oxygen atoms in total. The van der Waals surface area contributed by atoms with Crippen LogP contribution in [0.25, 0.3) is 0 Å². The van der Waals surface area contributed by atoms with E-state index in [2.05, 4.69) is 15.9 Å². The molecule has 0 aliphatic carbocycles. The van der Waals surface area contributed by atoms with Crippen molar-refractivity contribution in [1.82, 2.24) is 0 Å². The Bertz CT molecular complexity index is 656. The minimum absolute atomic E-state index is 0.114. The van der Waals surface area contributed by atoms with Crippen molar-refractivity contribution >= 4 is 33.5 Å². The summed E-state index contributed by atoms with van der Waals surface area (Å²) in [5.41, 5.74) is 1.99. The molecule has 0 bridgehead atoms. The number of rotatable bonds is 4. The average molecular weight is 356 g/mol. The quantitative estimate of drug-likeness (QED) is 0.865. The lowest BCUT2D eigenvalue weighted by Crippen LogP contribution is -2.04. The van der Waals surface area contributed by atoms with Gasteiger partial charge < -0.3 is 9.84 Å². The largest absolute Gasteiger partial charge is 0.488 e. The van der Waals surface area contributed by atoms with Crippen LogP contribution in [0.5, 0.6) is 5.75 Å². The third kappa shape index (κ3) is 3.52. The number of carboxylic acid groups (broad SMARTS) is 1. The smallest absolute Gasteiger partial charge is 0.339 e. The first-order chi connectivity index (χ1) is 9.47. The number of benzene rings is 2. The van der Waals surface area contributed by atoms with Crippen LogP contribution in [0.2, 0.25) is 5.02 Å². The van der Waals surface area contributed by atoms with E-state index in [9.17, 15) is 4.79 Å². The second-order valence-electron chi connectivity index (χ2n) is 4.33.